The van der Waals surface area contributed by atoms with E-state index in [0.29, 0.717) is 5.69 Å². The molecule has 0 saturated heterocycles. The van der Waals surface area contributed by atoms with E-state index in [1.807, 2.05) is 24.3 Å². The fourth-order valence-electron chi connectivity index (χ4n) is 1.66. The lowest BCUT2D eigenvalue weighted by Gasteiger charge is -2.08. The van der Waals surface area contributed by atoms with E-state index in [4.69, 9.17) is 10.5 Å². The smallest absolute Gasteiger partial charge is 0.234 e. The summed E-state index contributed by atoms with van der Waals surface area (Å²) in [4.78, 5) is 12.8. The second-order valence-electron chi connectivity index (χ2n) is 4.25. The molecule has 0 radical (unpaired) electrons. The second kappa shape index (κ2) is 6.99. The summed E-state index contributed by atoms with van der Waals surface area (Å²) in [5.74, 6) is 0.234. The molecule has 4 nitrogen and oxygen atoms in total. The fourth-order valence-corrected chi connectivity index (χ4v) is 2.41. The van der Waals surface area contributed by atoms with Crippen LogP contribution in [0.3, 0.4) is 0 Å². The molecule has 0 aliphatic heterocycles. The number of rotatable bonds is 5. The number of carbonyl (C=O) groups is 1. The number of methoxy groups -OCH3 is 1. The van der Waals surface area contributed by atoms with Crippen LogP contribution >= 0.6 is 11.8 Å². The minimum absolute atomic E-state index is 0.198. The van der Waals surface area contributed by atoms with Crippen LogP contribution in [0.4, 0.5) is 15.8 Å². The number of ether oxygens (including phenoxy) is 1. The Hall–Kier alpha value is -2.21. The van der Waals surface area contributed by atoms with Gasteiger partial charge < -0.3 is 15.8 Å². The largest absolute Gasteiger partial charge is 0.497 e. The number of benzene rings is 2. The lowest BCUT2D eigenvalue weighted by atomic mass is 10.2. The Balaban J connectivity index is 1.94. The molecule has 0 aromatic heterocycles. The standard InChI is InChI=1S/C15H15FN2O2S/c1-20-11-3-2-4-12(8-11)21-9-15(19)18-14-7-10(16)5-6-13(14)17/h2-8H,9,17H2,1H3,(H,18,19). The third kappa shape index (κ3) is 4.39. The molecule has 6 heteroatoms. The van der Waals surface area contributed by atoms with Crippen LogP contribution in [0.15, 0.2) is 47.4 Å². The fraction of sp³-hybridized carbons (Fsp3) is 0.133. The molecule has 0 heterocycles. The third-order valence-corrected chi connectivity index (χ3v) is 3.69. The minimum Gasteiger partial charge on any atom is -0.497 e. The van der Waals surface area contributed by atoms with Gasteiger partial charge in [-0.15, -0.1) is 11.8 Å². The minimum atomic E-state index is -0.444. The van der Waals surface area contributed by atoms with E-state index >= 15 is 0 Å². The topological polar surface area (TPSA) is 64.3 Å². The number of nitrogens with two attached hydrogens (primary N) is 1. The highest BCUT2D eigenvalue weighted by Gasteiger charge is 2.07. The average molecular weight is 306 g/mol. The molecule has 0 atom stereocenters. The van der Waals surface area contributed by atoms with Crippen molar-refractivity contribution in [3.05, 3.63) is 48.3 Å². The van der Waals surface area contributed by atoms with Crippen molar-refractivity contribution < 1.29 is 13.9 Å². The Bertz CT molecular complexity index is 649. The first-order chi connectivity index (χ1) is 10.1. The molecule has 1 amide bonds. The molecular formula is C15H15FN2O2S. The molecule has 2 aromatic rings. The van der Waals surface area contributed by atoms with Crippen LogP contribution in [-0.4, -0.2) is 18.8 Å². The molecule has 0 bridgehead atoms. The van der Waals surface area contributed by atoms with Crippen molar-refractivity contribution in [3.8, 4) is 5.75 Å². The lowest BCUT2D eigenvalue weighted by Crippen LogP contribution is -2.15. The number of nitrogens with one attached hydrogen (secondary N) is 1. The van der Waals surface area contributed by atoms with Gasteiger partial charge in [0, 0.05) is 4.90 Å². The SMILES string of the molecule is COc1cccc(SCC(=O)Nc2cc(F)ccc2N)c1. The third-order valence-electron chi connectivity index (χ3n) is 2.70. The number of amides is 1. The summed E-state index contributed by atoms with van der Waals surface area (Å²) in [6, 6.07) is 11.3. The molecule has 0 saturated carbocycles. The number of halogens is 1. The van der Waals surface area contributed by atoms with Crippen molar-refractivity contribution in [1.29, 1.82) is 0 Å². The van der Waals surface area contributed by atoms with E-state index in [1.165, 1.54) is 30.0 Å². The van der Waals surface area contributed by atoms with E-state index in [1.54, 1.807) is 7.11 Å². The van der Waals surface area contributed by atoms with Crippen LogP contribution < -0.4 is 15.8 Å². The Labute approximate surface area is 126 Å². The zero-order valence-electron chi connectivity index (χ0n) is 11.4. The number of thioether (sulfide) groups is 1. The Morgan fingerprint density at radius 2 is 2.14 bits per heavy atom. The van der Waals surface area contributed by atoms with Gasteiger partial charge in [-0.05, 0) is 36.4 Å². The van der Waals surface area contributed by atoms with Crippen LogP contribution in [0.25, 0.3) is 0 Å². The van der Waals surface area contributed by atoms with E-state index in [0.717, 1.165) is 10.6 Å². The monoisotopic (exact) mass is 306 g/mol. The zero-order chi connectivity index (χ0) is 15.2. The average Bonchev–Trinajstić information content (AvgIpc) is 2.49. The van der Waals surface area contributed by atoms with Gasteiger partial charge in [-0.2, -0.15) is 0 Å². The summed E-state index contributed by atoms with van der Waals surface area (Å²) in [5.41, 5.74) is 6.29. The number of nitrogen functional groups attached to an aromatic ring is 1. The van der Waals surface area contributed by atoms with E-state index < -0.39 is 5.82 Å². The summed E-state index contributed by atoms with van der Waals surface area (Å²) >= 11 is 1.36. The molecule has 2 rings (SSSR count). The predicted molar refractivity (Wildman–Crippen MR) is 83.2 cm³/mol. The first-order valence-corrected chi connectivity index (χ1v) is 7.19. The quantitative estimate of drug-likeness (QED) is 0.658. The number of hydrogen-bond acceptors (Lipinski definition) is 4. The lowest BCUT2D eigenvalue weighted by molar-refractivity contribution is -0.113. The van der Waals surface area contributed by atoms with E-state index in [9.17, 15) is 9.18 Å². The molecule has 3 N–H and O–H groups in total. The van der Waals surface area contributed by atoms with Gasteiger partial charge >= 0.3 is 0 Å². The number of anilines is 2. The first kappa shape index (κ1) is 15.2. The molecule has 0 spiro atoms. The highest BCUT2D eigenvalue weighted by atomic mass is 32.2. The van der Waals surface area contributed by atoms with Gasteiger partial charge in [0.15, 0.2) is 0 Å². The summed E-state index contributed by atoms with van der Waals surface area (Å²) in [6.45, 7) is 0. The zero-order valence-corrected chi connectivity index (χ0v) is 12.2. The van der Waals surface area contributed by atoms with Crippen molar-refractivity contribution in [2.24, 2.45) is 0 Å². The Morgan fingerprint density at radius 3 is 2.90 bits per heavy atom. The van der Waals surface area contributed by atoms with Gasteiger partial charge in [-0.25, -0.2) is 4.39 Å². The van der Waals surface area contributed by atoms with Crippen LogP contribution in [0.5, 0.6) is 5.75 Å². The molecule has 0 fully saturated rings. The maximum absolute atomic E-state index is 13.1. The molecule has 0 unspecified atom stereocenters. The summed E-state index contributed by atoms with van der Waals surface area (Å²) in [6.07, 6.45) is 0. The number of hydrogen-bond donors (Lipinski definition) is 2. The van der Waals surface area contributed by atoms with Gasteiger partial charge in [-0.1, -0.05) is 6.07 Å². The normalized spacial score (nSPS) is 10.2. The highest BCUT2D eigenvalue weighted by molar-refractivity contribution is 8.00. The molecule has 0 aliphatic rings. The van der Waals surface area contributed by atoms with Crippen LogP contribution in [0.2, 0.25) is 0 Å². The van der Waals surface area contributed by atoms with Crippen molar-refractivity contribution >= 4 is 29.0 Å². The molecular weight excluding hydrogens is 291 g/mol. The van der Waals surface area contributed by atoms with Crippen LogP contribution in [-0.2, 0) is 4.79 Å². The summed E-state index contributed by atoms with van der Waals surface area (Å²) in [7, 11) is 1.59. The van der Waals surface area contributed by atoms with Crippen LogP contribution in [0.1, 0.15) is 0 Å². The predicted octanol–water partition coefficient (Wildman–Crippen LogP) is 3.15. The maximum atomic E-state index is 13.1. The first-order valence-electron chi connectivity index (χ1n) is 6.20. The van der Waals surface area contributed by atoms with E-state index in [2.05, 4.69) is 5.32 Å². The summed E-state index contributed by atoms with van der Waals surface area (Å²) < 4.78 is 18.2. The van der Waals surface area contributed by atoms with Gasteiger partial charge in [0.1, 0.15) is 11.6 Å². The molecule has 21 heavy (non-hydrogen) atoms. The second-order valence-corrected chi connectivity index (χ2v) is 5.30. The van der Waals surface area contributed by atoms with Gasteiger partial charge in [-0.3, -0.25) is 4.79 Å². The van der Waals surface area contributed by atoms with Crippen molar-refractivity contribution in [1.82, 2.24) is 0 Å². The van der Waals surface area contributed by atoms with Gasteiger partial charge in [0.2, 0.25) is 5.91 Å². The van der Waals surface area contributed by atoms with Crippen molar-refractivity contribution in [2.75, 3.05) is 23.9 Å². The van der Waals surface area contributed by atoms with Gasteiger partial charge in [0.25, 0.3) is 0 Å². The van der Waals surface area contributed by atoms with Gasteiger partial charge in [0.05, 0.1) is 24.2 Å². The highest BCUT2D eigenvalue weighted by Crippen LogP contribution is 2.24. The summed E-state index contributed by atoms with van der Waals surface area (Å²) in [5, 5.41) is 2.59. The maximum Gasteiger partial charge on any atom is 0.234 e. The van der Waals surface area contributed by atoms with Crippen molar-refractivity contribution in [2.45, 2.75) is 4.90 Å². The molecule has 0 aliphatic carbocycles. The van der Waals surface area contributed by atoms with Crippen LogP contribution in [0, 0.1) is 5.82 Å². The Morgan fingerprint density at radius 1 is 1.33 bits per heavy atom. The Kier molecular flexibility index (Phi) is 5.05. The number of carbonyl (C=O) groups excluding carboxylic acids is 1. The van der Waals surface area contributed by atoms with Crippen molar-refractivity contribution in [3.63, 3.8) is 0 Å². The van der Waals surface area contributed by atoms with E-state index in [-0.39, 0.29) is 17.3 Å². The molecule has 110 valence electrons. The molecule has 2 aromatic carbocycles.